The zero-order valence-corrected chi connectivity index (χ0v) is 14.5. The maximum Gasteiger partial charge on any atom is 0.400 e. The number of furan rings is 1. The van der Waals surface area contributed by atoms with Crippen molar-refractivity contribution < 1.29 is 18.8 Å². The van der Waals surface area contributed by atoms with E-state index in [1.54, 1.807) is 47.4 Å². The molecule has 2 N–H and O–H groups in total. The van der Waals surface area contributed by atoms with Crippen molar-refractivity contribution in [2.24, 2.45) is 10.9 Å². The Kier molecular flexibility index (Phi) is 5.23. The minimum Gasteiger partial charge on any atom is -0.496 e. The van der Waals surface area contributed by atoms with Gasteiger partial charge < -0.3 is 19.7 Å². The smallest absolute Gasteiger partial charge is 0.400 e. The lowest BCUT2D eigenvalue weighted by Crippen LogP contribution is -2.16. The van der Waals surface area contributed by atoms with Crippen LogP contribution >= 0.6 is 11.6 Å². The molecule has 3 rings (SSSR count). The molecule has 0 fully saturated rings. The highest BCUT2D eigenvalue weighted by Gasteiger charge is 2.15. The van der Waals surface area contributed by atoms with Gasteiger partial charge in [0.1, 0.15) is 11.5 Å². The van der Waals surface area contributed by atoms with Gasteiger partial charge in [-0.2, -0.15) is 5.10 Å². The first-order valence-corrected chi connectivity index (χ1v) is 7.89. The Hall–Kier alpha value is -3.26. The lowest BCUT2D eigenvalue weighted by atomic mass is 10.2. The van der Waals surface area contributed by atoms with Gasteiger partial charge in [0.2, 0.25) is 5.76 Å². The third-order valence-corrected chi connectivity index (χ3v) is 3.64. The summed E-state index contributed by atoms with van der Waals surface area (Å²) in [4.78, 5) is 16.9. The second kappa shape index (κ2) is 7.75. The predicted molar refractivity (Wildman–Crippen MR) is 94.2 cm³/mol. The number of nitrogens with two attached hydrogens (primary N) is 1. The van der Waals surface area contributed by atoms with Gasteiger partial charge >= 0.3 is 5.97 Å². The van der Waals surface area contributed by atoms with Crippen molar-refractivity contribution in [3.8, 4) is 5.75 Å². The van der Waals surface area contributed by atoms with Crippen LogP contribution in [0, 0.1) is 0 Å². The summed E-state index contributed by atoms with van der Waals surface area (Å²) in [5.41, 5.74) is 6.26. The molecule has 0 bridgehead atoms. The molecule has 0 radical (unpaired) electrons. The molecule has 2 heterocycles. The van der Waals surface area contributed by atoms with Crippen molar-refractivity contribution in [3.63, 3.8) is 0 Å². The number of halogens is 1. The molecule has 3 aromatic rings. The molecule has 0 saturated carbocycles. The lowest BCUT2D eigenvalue weighted by molar-refractivity contribution is 0.0477. The van der Waals surface area contributed by atoms with Crippen LogP contribution in [0.5, 0.6) is 5.75 Å². The molecule has 0 unspecified atom stereocenters. The monoisotopic (exact) mass is 374 g/mol. The number of oxime groups is 1. The fraction of sp³-hybridized carbons (Fsp3) is 0.118. The minimum absolute atomic E-state index is 0.00163. The van der Waals surface area contributed by atoms with Crippen molar-refractivity contribution in [3.05, 3.63) is 70.9 Å². The maximum absolute atomic E-state index is 12.1. The Morgan fingerprint density at radius 1 is 1.38 bits per heavy atom. The Morgan fingerprint density at radius 2 is 2.23 bits per heavy atom. The molecule has 1 aromatic carbocycles. The van der Waals surface area contributed by atoms with Gasteiger partial charge in [-0.3, -0.25) is 4.68 Å². The number of hydrogen-bond donors (Lipinski definition) is 1. The zero-order chi connectivity index (χ0) is 18.5. The van der Waals surface area contributed by atoms with Gasteiger partial charge in [-0.25, -0.2) is 4.79 Å². The van der Waals surface area contributed by atoms with E-state index in [0.717, 1.165) is 0 Å². The van der Waals surface area contributed by atoms with Crippen molar-refractivity contribution >= 4 is 23.4 Å². The summed E-state index contributed by atoms with van der Waals surface area (Å²) < 4.78 is 12.3. The highest BCUT2D eigenvalue weighted by Crippen LogP contribution is 2.22. The third-order valence-electron chi connectivity index (χ3n) is 3.40. The molecular formula is C17H15ClN4O4. The van der Waals surface area contributed by atoms with Crippen LogP contribution < -0.4 is 10.5 Å². The molecule has 0 aliphatic rings. The van der Waals surface area contributed by atoms with Crippen molar-refractivity contribution in [1.29, 1.82) is 0 Å². The summed E-state index contributed by atoms with van der Waals surface area (Å²) in [6, 6.07) is 9.78. The average Bonchev–Trinajstić information content (AvgIpc) is 3.32. The van der Waals surface area contributed by atoms with Crippen molar-refractivity contribution in [1.82, 2.24) is 9.78 Å². The van der Waals surface area contributed by atoms with Gasteiger partial charge in [0.15, 0.2) is 5.84 Å². The highest BCUT2D eigenvalue weighted by molar-refractivity contribution is 6.31. The van der Waals surface area contributed by atoms with E-state index in [9.17, 15) is 4.79 Å². The minimum atomic E-state index is -0.777. The molecule has 8 nitrogen and oxygen atoms in total. The summed E-state index contributed by atoms with van der Waals surface area (Å²) in [5, 5.41) is 8.14. The van der Waals surface area contributed by atoms with Crippen LogP contribution in [0.15, 0.2) is 58.4 Å². The van der Waals surface area contributed by atoms with E-state index in [-0.39, 0.29) is 11.6 Å². The number of rotatable bonds is 6. The first-order chi connectivity index (χ1) is 12.6. The van der Waals surface area contributed by atoms with E-state index in [4.69, 9.17) is 31.3 Å². The van der Waals surface area contributed by atoms with Gasteiger partial charge in [-0.1, -0.05) is 16.8 Å². The van der Waals surface area contributed by atoms with Crippen molar-refractivity contribution in [2.75, 3.05) is 7.11 Å². The molecule has 134 valence electrons. The highest BCUT2D eigenvalue weighted by atomic mass is 35.5. The average molecular weight is 375 g/mol. The predicted octanol–water partition coefficient (Wildman–Crippen LogP) is 2.66. The van der Waals surface area contributed by atoms with Gasteiger partial charge in [0.25, 0.3) is 0 Å². The third kappa shape index (κ3) is 4.04. The second-order valence-corrected chi connectivity index (χ2v) is 5.61. The number of benzene rings is 1. The van der Waals surface area contributed by atoms with Gasteiger partial charge in [-0.05, 0) is 36.4 Å². The summed E-state index contributed by atoms with van der Waals surface area (Å²) in [7, 11) is 1.48. The summed E-state index contributed by atoms with van der Waals surface area (Å²) in [6.07, 6.45) is 3.43. The molecule has 0 spiro atoms. The number of nitrogens with zero attached hydrogens (tertiary/aromatic N) is 3. The summed E-state index contributed by atoms with van der Waals surface area (Å²) in [5.74, 6) is 0.170. The standard InChI is InChI=1S/C17H15ClN4O4/c1-24-14-5-3-11(18)9-13(14)16(19)21-26-17(23)15-6-4-12(25-15)10-22-8-2-7-20-22/h2-9H,10H2,1H3,(H2,19,21). The lowest BCUT2D eigenvalue weighted by Gasteiger charge is -2.07. The molecule has 0 amide bonds. The van der Waals surface area contributed by atoms with E-state index in [2.05, 4.69) is 10.3 Å². The normalized spacial score (nSPS) is 11.4. The molecule has 0 aliphatic carbocycles. The van der Waals surface area contributed by atoms with Crippen LogP contribution in [0.3, 0.4) is 0 Å². The molecule has 9 heteroatoms. The molecule has 26 heavy (non-hydrogen) atoms. The molecule has 0 saturated heterocycles. The quantitative estimate of drug-likeness (QED) is 0.308. The summed E-state index contributed by atoms with van der Waals surface area (Å²) in [6.45, 7) is 0.394. The molecular weight excluding hydrogens is 360 g/mol. The number of amidine groups is 1. The van der Waals surface area contributed by atoms with E-state index >= 15 is 0 Å². The van der Waals surface area contributed by atoms with Gasteiger partial charge in [0.05, 0.1) is 19.2 Å². The van der Waals surface area contributed by atoms with Gasteiger partial charge in [-0.15, -0.1) is 0 Å². The fourth-order valence-corrected chi connectivity index (χ4v) is 2.36. The van der Waals surface area contributed by atoms with Crippen LogP contribution in [-0.2, 0) is 11.4 Å². The Labute approximate surface area is 153 Å². The number of methoxy groups -OCH3 is 1. The second-order valence-electron chi connectivity index (χ2n) is 5.17. The topological polar surface area (TPSA) is 105 Å². The number of aromatic nitrogens is 2. The van der Waals surface area contributed by atoms with E-state index < -0.39 is 5.97 Å². The van der Waals surface area contributed by atoms with E-state index in [1.165, 1.54) is 13.2 Å². The fourth-order valence-electron chi connectivity index (χ4n) is 2.19. The van der Waals surface area contributed by atoms with Crippen LogP contribution in [0.4, 0.5) is 0 Å². The first kappa shape index (κ1) is 17.6. The number of carbonyl (C=O) groups is 1. The van der Waals surface area contributed by atoms with Crippen LogP contribution in [-0.4, -0.2) is 28.7 Å². The first-order valence-electron chi connectivity index (χ1n) is 7.51. The number of carbonyl (C=O) groups excluding carboxylic acids is 1. The largest absolute Gasteiger partial charge is 0.496 e. The Bertz CT molecular complexity index is 934. The number of hydrogen-bond acceptors (Lipinski definition) is 6. The van der Waals surface area contributed by atoms with Crippen molar-refractivity contribution in [2.45, 2.75) is 6.54 Å². The molecule has 0 atom stereocenters. The Balaban J connectivity index is 1.69. The molecule has 0 aliphatic heterocycles. The van der Waals surface area contributed by atoms with Crippen LogP contribution in [0.25, 0.3) is 0 Å². The SMILES string of the molecule is COc1ccc(Cl)cc1/C(N)=N/OC(=O)c1ccc(Cn2cccn2)o1. The van der Waals surface area contributed by atoms with Crippen LogP contribution in [0.2, 0.25) is 5.02 Å². The Morgan fingerprint density at radius 3 is 2.96 bits per heavy atom. The maximum atomic E-state index is 12.1. The van der Waals surface area contributed by atoms with E-state index in [0.29, 0.717) is 28.6 Å². The molecule has 2 aromatic heterocycles. The van der Waals surface area contributed by atoms with E-state index in [1.807, 2.05) is 0 Å². The zero-order valence-electron chi connectivity index (χ0n) is 13.8. The summed E-state index contributed by atoms with van der Waals surface area (Å²) >= 11 is 5.94. The van der Waals surface area contributed by atoms with Crippen LogP contribution in [0.1, 0.15) is 21.9 Å². The van der Waals surface area contributed by atoms with Gasteiger partial charge in [0, 0.05) is 17.4 Å². The number of ether oxygens (including phenoxy) is 1.